The molecule has 0 aromatic carbocycles. The predicted octanol–water partition coefficient (Wildman–Crippen LogP) is 1.14. The second-order valence-corrected chi connectivity index (χ2v) is 1.83. The van der Waals surface area contributed by atoms with Crippen LogP contribution in [0.2, 0.25) is 0 Å². The molecule has 1 heterocycles. The summed E-state index contributed by atoms with van der Waals surface area (Å²) in [6.45, 7) is 0. The van der Waals surface area contributed by atoms with Gasteiger partial charge in [0.15, 0.2) is 0 Å². The van der Waals surface area contributed by atoms with Crippen LogP contribution in [-0.2, 0) is 7.05 Å². The summed E-state index contributed by atoms with van der Waals surface area (Å²) in [5.74, 6) is 0.949. The van der Waals surface area contributed by atoms with Gasteiger partial charge in [0.25, 0.3) is 0 Å². The van der Waals surface area contributed by atoms with E-state index in [0.717, 1.165) is 5.82 Å². The van der Waals surface area contributed by atoms with Crippen molar-refractivity contribution in [2.45, 2.75) is 0 Å². The van der Waals surface area contributed by atoms with E-state index in [4.69, 9.17) is 0 Å². The first-order chi connectivity index (χ1) is 3.84. The van der Waals surface area contributed by atoms with Crippen molar-refractivity contribution in [3.63, 3.8) is 0 Å². The molecule has 4 heteroatoms. The molecule has 0 bridgehead atoms. The highest BCUT2D eigenvalue weighted by Crippen LogP contribution is 2.03. The molecule has 1 rings (SSSR count). The van der Waals surface area contributed by atoms with E-state index in [2.05, 4.69) is 25.6 Å². The summed E-state index contributed by atoms with van der Waals surface area (Å²) < 4.78 is 4.52. The Bertz CT molecular complexity index is 172. The van der Waals surface area contributed by atoms with Gasteiger partial charge in [0.1, 0.15) is 5.82 Å². The number of aromatic nitrogens is 2. The Morgan fingerprint density at radius 2 is 2.62 bits per heavy atom. The Kier molecular flexibility index (Phi) is 1.53. The SMILES string of the molecule is Cn1nccc1NBr. The van der Waals surface area contributed by atoms with Gasteiger partial charge in [0.05, 0.1) is 6.20 Å². The minimum Gasteiger partial charge on any atom is -0.307 e. The van der Waals surface area contributed by atoms with Gasteiger partial charge in [-0.1, -0.05) is 0 Å². The van der Waals surface area contributed by atoms with E-state index in [9.17, 15) is 0 Å². The third kappa shape index (κ3) is 0.838. The summed E-state index contributed by atoms with van der Waals surface area (Å²) >= 11 is 3.08. The van der Waals surface area contributed by atoms with E-state index in [1.165, 1.54) is 0 Å². The third-order valence-electron chi connectivity index (χ3n) is 0.918. The number of anilines is 1. The highest BCUT2D eigenvalue weighted by atomic mass is 79.9. The van der Waals surface area contributed by atoms with Gasteiger partial charge in [-0.05, 0) is 0 Å². The number of hydrogen-bond acceptors (Lipinski definition) is 2. The van der Waals surface area contributed by atoms with Crippen LogP contribution < -0.4 is 4.34 Å². The van der Waals surface area contributed by atoms with Crippen LogP contribution in [0.3, 0.4) is 0 Å². The van der Waals surface area contributed by atoms with Crippen molar-refractivity contribution in [1.29, 1.82) is 0 Å². The summed E-state index contributed by atoms with van der Waals surface area (Å²) in [6, 6.07) is 1.87. The average Bonchev–Trinajstić information content (AvgIpc) is 2.14. The highest BCUT2D eigenvalue weighted by Gasteiger charge is 1.90. The lowest BCUT2D eigenvalue weighted by Crippen LogP contribution is -1.93. The normalized spacial score (nSPS) is 9.25. The van der Waals surface area contributed by atoms with E-state index in [1.807, 2.05) is 13.1 Å². The predicted molar refractivity (Wildman–Crippen MR) is 35.8 cm³/mol. The lowest BCUT2D eigenvalue weighted by molar-refractivity contribution is 0.779. The second-order valence-electron chi connectivity index (χ2n) is 1.43. The molecule has 0 fully saturated rings. The molecule has 0 saturated heterocycles. The largest absolute Gasteiger partial charge is 0.307 e. The van der Waals surface area contributed by atoms with E-state index >= 15 is 0 Å². The maximum Gasteiger partial charge on any atom is 0.133 e. The number of nitrogens with one attached hydrogen (secondary N) is 1. The zero-order chi connectivity index (χ0) is 5.98. The first-order valence-corrected chi connectivity index (χ1v) is 2.98. The number of halogens is 1. The fourth-order valence-electron chi connectivity index (χ4n) is 0.467. The smallest absolute Gasteiger partial charge is 0.133 e. The van der Waals surface area contributed by atoms with E-state index in [1.54, 1.807) is 10.9 Å². The van der Waals surface area contributed by atoms with Crippen LogP contribution in [-0.4, -0.2) is 9.78 Å². The molecule has 0 spiro atoms. The van der Waals surface area contributed by atoms with Gasteiger partial charge in [-0.2, -0.15) is 5.10 Å². The quantitative estimate of drug-likeness (QED) is 0.650. The second kappa shape index (κ2) is 2.17. The Labute approximate surface area is 56.0 Å². The first kappa shape index (κ1) is 5.62. The molecule has 0 aliphatic heterocycles. The van der Waals surface area contributed by atoms with E-state index in [-0.39, 0.29) is 0 Å². The van der Waals surface area contributed by atoms with Crippen molar-refractivity contribution in [3.05, 3.63) is 12.3 Å². The molecule has 0 amide bonds. The third-order valence-corrected chi connectivity index (χ3v) is 1.32. The molecule has 8 heavy (non-hydrogen) atoms. The van der Waals surface area contributed by atoms with E-state index < -0.39 is 0 Å². The van der Waals surface area contributed by atoms with Gasteiger partial charge < -0.3 is 4.34 Å². The van der Waals surface area contributed by atoms with Crippen LogP contribution >= 0.6 is 16.1 Å². The monoisotopic (exact) mass is 175 g/mol. The fourth-order valence-corrected chi connectivity index (χ4v) is 0.855. The maximum atomic E-state index is 3.91. The molecule has 0 aliphatic rings. The minimum absolute atomic E-state index is 0.949. The van der Waals surface area contributed by atoms with Crippen molar-refractivity contribution in [1.82, 2.24) is 9.78 Å². The van der Waals surface area contributed by atoms with Gasteiger partial charge in [0, 0.05) is 29.3 Å². The number of hydrogen-bond donors (Lipinski definition) is 1. The van der Waals surface area contributed by atoms with Gasteiger partial charge in [-0.3, -0.25) is 4.68 Å². The number of rotatable bonds is 1. The molecule has 0 saturated carbocycles. The molecule has 3 nitrogen and oxygen atoms in total. The van der Waals surface area contributed by atoms with Gasteiger partial charge in [-0.25, -0.2) is 0 Å². The topological polar surface area (TPSA) is 29.9 Å². The van der Waals surface area contributed by atoms with Crippen molar-refractivity contribution in [3.8, 4) is 0 Å². The van der Waals surface area contributed by atoms with Gasteiger partial charge in [-0.15, -0.1) is 0 Å². The molecule has 44 valence electrons. The summed E-state index contributed by atoms with van der Waals surface area (Å²) in [7, 11) is 1.86. The van der Waals surface area contributed by atoms with Crippen molar-refractivity contribution >= 4 is 22.0 Å². The molecule has 0 radical (unpaired) electrons. The molecule has 1 aromatic rings. The number of aryl methyl sites for hydroxylation is 1. The van der Waals surface area contributed by atoms with Crippen LogP contribution in [0.1, 0.15) is 0 Å². The minimum atomic E-state index is 0.949. The number of nitrogens with zero attached hydrogens (tertiary/aromatic N) is 2. The highest BCUT2D eigenvalue weighted by molar-refractivity contribution is 9.10. The van der Waals surface area contributed by atoms with Crippen molar-refractivity contribution in [2.24, 2.45) is 7.05 Å². The van der Waals surface area contributed by atoms with Crippen LogP contribution in [0.25, 0.3) is 0 Å². The molecule has 1 N–H and O–H groups in total. The lowest BCUT2D eigenvalue weighted by atomic mass is 10.7. The van der Waals surface area contributed by atoms with Gasteiger partial charge in [0.2, 0.25) is 0 Å². The Hall–Kier alpha value is -0.510. The van der Waals surface area contributed by atoms with Crippen molar-refractivity contribution in [2.75, 3.05) is 4.34 Å². The Morgan fingerprint density at radius 1 is 1.88 bits per heavy atom. The molecule has 1 aromatic heterocycles. The van der Waals surface area contributed by atoms with Crippen LogP contribution in [0, 0.1) is 0 Å². The fraction of sp³-hybridized carbons (Fsp3) is 0.250. The Morgan fingerprint density at radius 3 is 2.88 bits per heavy atom. The van der Waals surface area contributed by atoms with Crippen LogP contribution in [0.15, 0.2) is 12.3 Å². The standard InChI is InChI=1S/C4H6BrN3/c1-8-4(7-5)2-3-6-8/h2-3,7H,1H3. The first-order valence-electron chi connectivity index (χ1n) is 2.19. The molecular weight excluding hydrogens is 170 g/mol. The summed E-state index contributed by atoms with van der Waals surface area (Å²) in [4.78, 5) is 0. The summed E-state index contributed by atoms with van der Waals surface area (Å²) in [5.41, 5.74) is 0. The molecule has 0 unspecified atom stereocenters. The average molecular weight is 176 g/mol. The van der Waals surface area contributed by atoms with Crippen LogP contribution in [0.4, 0.5) is 5.82 Å². The summed E-state index contributed by atoms with van der Waals surface area (Å²) in [6.07, 6.45) is 1.73. The molecule has 0 aliphatic carbocycles. The van der Waals surface area contributed by atoms with Crippen molar-refractivity contribution < 1.29 is 0 Å². The van der Waals surface area contributed by atoms with Crippen LogP contribution in [0.5, 0.6) is 0 Å². The van der Waals surface area contributed by atoms with Gasteiger partial charge >= 0.3 is 0 Å². The molecular formula is C4H6BrN3. The lowest BCUT2D eigenvalue weighted by Gasteiger charge is -1.94. The zero-order valence-corrected chi connectivity index (χ0v) is 6.01. The Balaban J connectivity index is 2.92. The van der Waals surface area contributed by atoms with E-state index in [0.29, 0.717) is 0 Å². The maximum absolute atomic E-state index is 3.91. The summed E-state index contributed by atoms with van der Waals surface area (Å²) in [5, 5.41) is 3.91. The zero-order valence-electron chi connectivity index (χ0n) is 4.43. The molecule has 0 atom stereocenters.